The van der Waals surface area contributed by atoms with E-state index in [1.807, 2.05) is 30.0 Å². The van der Waals surface area contributed by atoms with Crippen LogP contribution in [0.4, 0.5) is 4.79 Å². The molecule has 24 heavy (non-hydrogen) atoms. The minimum Gasteiger partial charge on any atom is -0.450 e. The minimum atomic E-state index is -0.172. The van der Waals surface area contributed by atoms with Crippen LogP contribution in [0.5, 0.6) is 0 Å². The quantitative estimate of drug-likeness (QED) is 0.826. The fourth-order valence-electron chi connectivity index (χ4n) is 3.71. The Kier molecular flexibility index (Phi) is 5.80. The number of piperidine rings is 1. The number of hydrogen-bond acceptors (Lipinski definition) is 3. The highest BCUT2D eigenvalue weighted by atomic mass is 35.5. The molecule has 2 heterocycles. The zero-order chi connectivity index (χ0) is 16.9. The smallest absolute Gasteiger partial charge is 0.409 e. The van der Waals surface area contributed by atoms with Gasteiger partial charge in [-0.3, -0.25) is 4.90 Å². The molecule has 130 valence electrons. The lowest BCUT2D eigenvalue weighted by atomic mass is 9.93. The standard InChI is InChI=1S/C19H25ClN2O2/c1-2-24-19(23)21-11-12-22-17(7-4-8-18(22)14-21)10-9-15-5-3-6-16(20)13-15/h3,5-6,9-10,13,17-18H,2,4,7-8,11-12,14H2,1H3/t17-,18+/m1/s1. The molecule has 2 fully saturated rings. The third-order valence-electron chi connectivity index (χ3n) is 4.88. The lowest BCUT2D eigenvalue weighted by molar-refractivity contribution is 0.0202. The summed E-state index contributed by atoms with van der Waals surface area (Å²) in [6, 6.07) is 8.80. The predicted molar refractivity (Wildman–Crippen MR) is 97.2 cm³/mol. The molecule has 2 atom stereocenters. The monoisotopic (exact) mass is 348 g/mol. The number of ether oxygens (including phenoxy) is 1. The molecule has 5 heteroatoms. The lowest BCUT2D eigenvalue weighted by Crippen LogP contribution is -2.59. The fourth-order valence-corrected chi connectivity index (χ4v) is 3.91. The third-order valence-corrected chi connectivity index (χ3v) is 5.11. The molecule has 0 spiro atoms. The Hall–Kier alpha value is -1.52. The predicted octanol–water partition coefficient (Wildman–Crippen LogP) is 4.05. The van der Waals surface area contributed by atoms with Crippen molar-refractivity contribution in [2.45, 2.75) is 38.3 Å². The van der Waals surface area contributed by atoms with E-state index in [-0.39, 0.29) is 6.09 Å². The van der Waals surface area contributed by atoms with Crippen molar-refractivity contribution >= 4 is 23.8 Å². The summed E-state index contributed by atoms with van der Waals surface area (Å²) >= 11 is 6.05. The summed E-state index contributed by atoms with van der Waals surface area (Å²) in [6.07, 6.45) is 7.80. The van der Waals surface area contributed by atoms with Gasteiger partial charge in [0.25, 0.3) is 0 Å². The number of amides is 1. The van der Waals surface area contributed by atoms with E-state index < -0.39 is 0 Å². The molecule has 0 radical (unpaired) electrons. The molecule has 0 aromatic heterocycles. The van der Waals surface area contributed by atoms with Crippen molar-refractivity contribution in [1.82, 2.24) is 9.80 Å². The van der Waals surface area contributed by atoms with Gasteiger partial charge < -0.3 is 9.64 Å². The summed E-state index contributed by atoms with van der Waals surface area (Å²) in [4.78, 5) is 16.4. The van der Waals surface area contributed by atoms with Gasteiger partial charge in [-0.1, -0.05) is 35.9 Å². The highest BCUT2D eigenvalue weighted by Gasteiger charge is 2.35. The van der Waals surface area contributed by atoms with E-state index in [2.05, 4.69) is 23.1 Å². The molecule has 3 rings (SSSR count). The molecule has 0 aliphatic carbocycles. The van der Waals surface area contributed by atoms with Crippen molar-refractivity contribution < 1.29 is 9.53 Å². The number of halogens is 1. The highest BCUT2D eigenvalue weighted by Crippen LogP contribution is 2.28. The number of carbonyl (C=O) groups is 1. The number of nitrogens with zero attached hydrogens (tertiary/aromatic N) is 2. The molecule has 1 amide bonds. The van der Waals surface area contributed by atoms with Gasteiger partial charge in [0.15, 0.2) is 0 Å². The molecular formula is C19H25ClN2O2. The third kappa shape index (κ3) is 4.11. The highest BCUT2D eigenvalue weighted by molar-refractivity contribution is 6.30. The van der Waals surface area contributed by atoms with Crippen molar-refractivity contribution in [1.29, 1.82) is 0 Å². The van der Waals surface area contributed by atoms with Crippen LogP contribution in [0, 0.1) is 0 Å². The first kappa shape index (κ1) is 17.3. The molecule has 0 saturated carbocycles. The van der Waals surface area contributed by atoms with Gasteiger partial charge in [-0.25, -0.2) is 4.79 Å². The first-order valence-electron chi connectivity index (χ1n) is 8.78. The van der Waals surface area contributed by atoms with Crippen LogP contribution in [0.2, 0.25) is 5.02 Å². The van der Waals surface area contributed by atoms with Gasteiger partial charge in [0.2, 0.25) is 0 Å². The van der Waals surface area contributed by atoms with Crippen LogP contribution < -0.4 is 0 Å². The summed E-state index contributed by atoms with van der Waals surface area (Å²) in [5, 5.41) is 0.765. The Bertz CT molecular complexity index is 605. The zero-order valence-corrected chi connectivity index (χ0v) is 14.9. The Balaban J connectivity index is 1.64. The first-order valence-corrected chi connectivity index (χ1v) is 9.16. The maximum absolute atomic E-state index is 12.0. The number of piperazine rings is 1. The number of benzene rings is 1. The van der Waals surface area contributed by atoms with Crippen LogP contribution in [0.25, 0.3) is 6.08 Å². The number of rotatable bonds is 3. The molecule has 2 saturated heterocycles. The van der Waals surface area contributed by atoms with E-state index in [1.165, 1.54) is 12.8 Å². The molecule has 1 aromatic carbocycles. The molecule has 0 bridgehead atoms. The van der Waals surface area contributed by atoms with Crippen LogP contribution in [-0.2, 0) is 4.74 Å². The van der Waals surface area contributed by atoms with Gasteiger partial charge in [0, 0.05) is 36.7 Å². The van der Waals surface area contributed by atoms with E-state index in [1.54, 1.807) is 0 Å². The molecule has 0 N–H and O–H groups in total. The topological polar surface area (TPSA) is 32.8 Å². The number of hydrogen-bond donors (Lipinski definition) is 0. The van der Waals surface area contributed by atoms with Crippen LogP contribution in [-0.4, -0.2) is 54.2 Å². The second kappa shape index (κ2) is 8.04. The van der Waals surface area contributed by atoms with Gasteiger partial charge in [-0.2, -0.15) is 0 Å². The van der Waals surface area contributed by atoms with Crippen LogP contribution in [0.3, 0.4) is 0 Å². The van der Waals surface area contributed by atoms with Crippen LogP contribution >= 0.6 is 11.6 Å². The molecule has 2 aliphatic rings. The van der Waals surface area contributed by atoms with E-state index >= 15 is 0 Å². The van der Waals surface area contributed by atoms with Crippen LogP contribution in [0.1, 0.15) is 31.7 Å². The normalized spacial score (nSPS) is 24.8. The van der Waals surface area contributed by atoms with Gasteiger partial charge in [-0.15, -0.1) is 0 Å². The van der Waals surface area contributed by atoms with Gasteiger partial charge in [0.05, 0.1) is 6.61 Å². The summed E-state index contributed by atoms with van der Waals surface area (Å²) in [5.41, 5.74) is 1.13. The van der Waals surface area contributed by atoms with Crippen molar-refractivity contribution in [3.8, 4) is 0 Å². The lowest BCUT2D eigenvalue weighted by Gasteiger charge is -2.47. The Labute approximate surface area is 149 Å². The van der Waals surface area contributed by atoms with Crippen LogP contribution in [0.15, 0.2) is 30.3 Å². The molecule has 1 aromatic rings. The molecule has 2 aliphatic heterocycles. The van der Waals surface area contributed by atoms with E-state index in [4.69, 9.17) is 16.3 Å². The summed E-state index contributed by atoms with van der Waals surface area (Å²) in [7, 11) is 0. The van der Waals surface area contributed by atoms with E-state index in [0.717, 1.165) is 36.6 Å². The Morgan fingerprint density at radius 2 is 2.25 bits per heavy atom. The Morgan fingerprint density at radius 1 is 1.38 bits per heavy atom. The van der Waals surface area contributed by atoms with Gasteiger partial charge in [0.1, 0.15) is 0 Å². The van der Waals surface area contributed by atoms with Crippen molar-refractivity contribution in [2.75, 3.05) is 26.2 Å². The van der Waals surface area contributed by atoms with E-state index in [0.29, 0.717) is 18.7 Å². The fraction of sp³-hybridized carbons (Fsp3) is 0.526. The van der Waals surface area contributed by atoms with Crippen molar-refractivity contribution in [2.24, 2.45) is 0 Å². The minimum absolute atomic E-state index is 0.172. The zero-order valence-electron chi connectivity index (χ0n) is 14.2. The average molecular weight is 349 g/mol. The molecule has 0 unspecified atom stereocenters. The largest absolute Gasteiger partial charge is 0.450 e. The Morgan fingerprint density at radius 3 is 3.04 bits per heavy atom. The summed E-state index contributed by atoms with van der Waals surface area (Å²) in [6.45, 7) is 4.73. The summed E-state index contributed by atoms with van der Waals surface area (Å²) in [5.74, 6) is 0. The number of fused-ring (bicyclic) bond motifs is 1. The first-order chi connectivity index (χ1) is 11.7. The summed E-state index contributed by atoms with van der Waals surface area (Å²) < 4.78 is 5.15. The van der Waals surface area contributed by atoms with Crippen molar-refractivity contribution in [3.05, 3.63) is 40.9 Å². The average Bonchev–Trinajstić information content (AvgIpc) is 2.59. The maximum Gasteiger partial charge on any atom is 0.409 e. The molecular weight excluding hydrogens is 324 g/mol. The van der Waals surface area contributed by atoms with Gasteiger partial charge in [-0.05, 0) is 43.9 Å². The van der Waals surface area contributed by atoms with Crippen molar-refractivity contribution in [3.63, 3.8) is 0 Å². The maximum atomic E-state index is 12.0. The van der Waals surface area contributed by atoms with Gasteiger partial charge >= 0.3 is 6.09 Å². The van der Waals surface area contributed by atoms with E-state index in [9.17, 15) is 4.79 Å². The number of carbonyl (C=O) groups excluding carboxylic acids is 1. The second-order valence-electron chi connectivity index (χ2n) is 6.45. The second-order valence-corrected chi connectivity index (χ2v) is 6.89. The SMILES string of the molecule is CCOC(=O)N1CCN2[C@@H](CCC[C@@H]2C=Cc2cccc(Cl)c2)C1. The molecule has 4 nitrogen and oxygen atoms in total.